The predicted molar refractivity (Wildman–Crippen MR) is 135 cm³/mol. The number of hydrogen-bond donors (Lipinski definition) is 1. The number of aryl methyl sites for hydroxylation is 1. The van der Waals surface area contributed by atoms with Crippen molar-refractivity contribution in [3.63, 3.8) is 0 Å². The Kier molecular flexibility index (Phi) is 5.22. The van der Waals surface area contributed by atoms with E-state index in [-0.39, 0.29) is 16.6 Å². The number of fused-ring (bicyclic) bond motifs is 1. The molecular weight excluding hydrogens is 428 g/mol. The highest BCUT2D eigenvalue weighted by Crippen LogP contribution is 2.26. The summed E-state index contributed by atoms with van der Waals surface area (Å²) in [6.07, 6.45) is 0. The minimum atomic E-state index is -0.556. The Balaban J connectivity index is 2.02. The van der Waals surface area contributed by atoms with Gasteiger partial charge in [-0.15, -0.1) is 0 Å². The van der Waals surface area contributed by atoms with Crippen molar-refractivity contribution in [1.82, 2.24) is 13.7 Å². The second kappa shape index (κ2) is 8.37. The number of nitrogens with one attached hydrogen (secondary N) is 1. The van der Waals surface area contributed by atoms with Gasteiger partial charge in [0.25, 0.3) is 11.1 Å². The molecule has 0 aliphatic carbocycles. The van der Waals surface area contributed by atoms with Crippen molar-refractivity contribution < 1.29 is 0 Å². The molecule has 0 aliphatic heterocycles. The molecular formula is C27H22N4O3. The molecule has 0 saturated heterocycles. The van der Waals surface area contributed by atoms with Gasteiger partial charge in [0.15, 0.2) is 0 Å². The van der Waals surface area contributed by atoms with Crippen molar-refractivity contribution in [1.29, 1.82) is 0 Å². The number of nitrogens with zero attached hydrogens (tertiary/aromatic N) is 3. The number of aromatic nitrogens is 3. The van der Waals surface area contributed by atoms with Crippen LogP contribution in [0.1, 0.15) is 5.56 Å². The molecule has 5 rings (SSSR count). The lowest BCUT2D eigenvalue weighted by molar-refractivity contribution is 0.780. The SMILES string of the molecule is Cc1c(Nc2ccccc2)c2c(=O)n(-c3ccccc3)c(=O)n(-c3ccccc3)c2n(C)c1=O. The maximum atomic E-state index is 14.0. The standard InChI is InChI=1S/C27H22N4O3/c1-18-23(28-19-12-6-3-7-13-19)22-24(29(2)25(18)32)30(20-14-8-4-9-15-20)27(34)31(26(22)33)21-16-10-5-11-17-21/h3-17,28H,1-2H3. The lowest BCUT2D eigenvalue weighted by atomic mass is 10.1. The Bertz CT molecular complexity index is 1680. The predicted octanol–water partition coefficient (Wildman–Crippen LogP) is 3.89. The van der Waals surface area contributed by atoms with Gasteiger partial charge in [-0.2, -0.15) is 0 Å². The third kappa shape index (κ3) is 3.34. The molecule has 0 amide bonds. The zero-order valence-electron chi connectivity index (χ0n) is 18.7. The second-order valence-corrected chi connectivity index (χ2v) is 7.98. The van der Waals surface area contributed by atoms with E-state index in [1.54, 1.807) is 62.5 Å². The first-order valence-corrected chi connectivity index (χ1v) is 10.8. The van der Waals surface area contributed by atoms with E-state index in [9.17, 15) is 14.4 Å². The molecule has 0 aliphatic rings. The lowest BCUT2D eigenvalue weighted by Crippen LogP contribution is -2.41. The number of anilines is 2. The van der Waals surface area contributed by atoms with Crippen LogP contribution in [0.5, 0.6) is 0 Å². The first kappa shape index (κ1) is 21.2. The lowest BCUT2D eigenvalue weighted by Gasteiger charge is -2.20. The van der Waals surface area contributed by atoms with E-state index in [0.29, 0.717) is 22.6 Å². The molecule has 1 N–H and O–H groups in total. The maximum Gasteiger partial charge on any atom is 0.341 e. The molecule has 168 valence electrons. The van der Waals surface area contributed by atoms with Crippen molar-refractivity contribution in [2.24, 2.45) is 7.05 Å². The van der Waals surface area contributed by atoms with Gasteiger partial charge in [0.2, 0.25) is 0 Å². The third-order valence-electron chi connectivity index (χ3n) is 5.87. The van der Waals surface area contributed by atoms with E-state index in [0.717, 1.165) is 10.3 Å². The monoisotopic (exact) mass is 450 g/mol. The maximum absolute atomic E-state index is 14.0. The molecule has 7 heteroatoms. The molecule has 2 heterocycles. The van der Waals surface area contributed by atoms with Gasteiger partial charge < -0.3 is 5.32 Å². The fourth-order valence-electron chi connectivity index (χ4n) is 4.21. The molecule has 0 saturated carbocycles. The molecule has 0 spiro atoms. The zero-order valence-corrected chi connectivity index (χ0v) is 18.7. The zero-order chi connectivity index (χ0) is 23.8. The van der Waals surface area contributed by atoms with E-state index >= 15 is 0 Å². The normalized spacial score (nSPS) is 11.0. The summed E-state index contributed by atoms with van der Waals surface area (Å²) in [5, 5.41) is 3.50. The van der Waals surface area contributed by atoms with E-state index in [4.69, 9.17) is 0 Å². The molecule has 2 aromatic heterocycles. The van der Waals surface area contributed by atoms with E-state index < -0.39 is 11.2 Å². The van der Waals surface area contributed by atoms with E-state index in [1.165, 1.54) is 9.13 Å². The van der Waals surface area contributed by atoms with Gasteiger partial charge in [0.05, 0.1) is 17.1 Å². The highest BCUT2D eigenvalue weighted by Gasteiger charge is 2.23. The Morgan fingerprint density at radius 3 is 1.71 bits per heavy atom. The largest absolute Gasteiger partial charge is 0.354 e. The van der Waals surface area contributed by atoms with Crippen LogP contribution in [0.25, 0.3) is 22.4 Å². The number of para-hydroxylation sites is 3. The van der Waals surface area contributed by atoms with Crippen LogP contribution in [0.3, 0.4) is 0 Å². The first-order valence-electron chi connectivity index (χ1n) is 10.8. The molecule has 0 fully saturated rings. The van der Waals surface area contributed by atoms with Crippen LogP contribution < -0.4 is 22.1 Å². The van der Waals surface area contributed by atoms with Gasteiger partial charge in [-0.25, -0.2) is 13.9 Å². The fraction of sp³-hybridized carbons (Fsp3) is 0.0741. The van der Waals surface area contributed by atoms with Crippen LogP contribution in [-0.2, 0) is 7.05 Å². The number of rotatable bonds is 4. The summed E-state index contributed by atoms with van der Waals surface area (Å²) in [5.41, 5.74) is 1.35. The molecule has 0 bridgehead atoms. The van der Waals surface area contributed by atoms with Crippen molar-refractivity contribution in [2.75, 3.05) is 5.32 Å². The van der Waals surface area contributed by atoms with Gasteiger partial charge >= 0.3 is 5.69 Å². The summed E-state index contributed by atoms with van der Waals surface area (Å²) in [4.78, 5) is 41.0. The third-order valence-corrected chi connectivity index (χ3v) is 5.87. The van der Waals surface area contributed by atoms with Crippen LogP contribution in [0.4, 0.5) is 11.4 Å². The molecule has 5 aromatic rings. The summed E-state index contributed by atoms with van der Waals surface area (Å²) >= 11 is 0. The summed E-state index contributed by atoms with van der Waals surface area (Å²) < 4.78 is 3.93. The fourth-order valence-corrected chi connectivity index (χ4v) is 4.21. The Morgan fingerprint density at radius 1 is 0.647 bits per heavy atom. The number of pyridine rings is 1. The van der Waals surface area contributed by atoms with Crippen molar-refractivity contribution in [2.45, 2.75) is 6.92 Å². The molecule has 34 heavy (non-hydrogen) atoms. The summed E-state index contributed by atoms with van der Waals surface area (Å²) in [6, 6.07) is 27.1. The average Bonchev–Trinajstić information content (AvgIpc) is 2.87. The van der Waals surface area contributed by atoms with Gasteiger partial charge in [-0.05, 0) is 43.3 Å². The second-order valence-electron chi connectivity index (χ2n) is 7.98. The number of benzene rings is 3. The minimum absolute atomic E-state index is 0.224. The van der Waals surface area contributed by atoms with Crippen molar-refractivity contribution in [3.8, 4) is 11.4 Å². The number of hydrogen-bond acceptors (Lipinski definition) is 4. The first-order chi connectivity index (χ1) is 16.5. The topological polar surface area (TPSA) is 78.0 Å². The quantitative estimate of drug-likeness (QED) is 0.451. The molecule has 3 aromatic carbocycles. The smallest absolute Gasteiger partial charge is 0.341 e. The van der Waals surface area contributed by atoms with E-state index in [1.807, 2.05) is 42.5 Å². The molecule has 7 nitrogen and oxygen atoms in total. The Morgan fingerprint density at radius 2 is 1.15 bits per heavy atom. The van der Waals surface area contributed by atoms with Crippen LogP contribution in [0.2, 0.25) is 0 Å². The van der Waals surface area contributed by atoms with E-state index in [2.05, 4.69) is 5.32 Å². The van der Waals surface area contributed by atoms with Crippen LogP contribution >= 0.6 is 0 Å². The highest BCUT2D eigenvalue weighted by molar-refractivity contribution is 5.93. The molecule has 0 radical (unpaired) electrons. The van der Waals surface area contributed by atoms with Gasteiger partial charge in [-0.1, -0.05) is 54.6 Å². The average molecular weight is 450 g/mol. The van der Waals surface area contributed by atoms with Crippen LogP contribution in [0.15, 0.2) is 105 Å². The van der Waals surface area contributed by atoms with Crippen LogP contribution in [-0.4, -0.2) is 13.7 Å². The summed E-state index contributed by atoms with van der Waals surface area (Å²) in [7, 11) is 1.58. The molecule has 0 unspecified atom stereocenters. The summed E-state index contributed by atoms with van der Waals surface area (Å²) in [6.45, 7) is 1.68. The Labute approximate surface area is 194 Å². The highest BCUT2D eigenvalue weighted by atomic mass is 16.2. The van der Waals surface area contributed by atoms with Gasteiger partial charge in [-0.3, -0.25) is 14.2 Å². The van der Waals surface area contributed by atoms with Gasteiger partial charge in [0, 0.05) is 18.3 Å². The molecule has 0 atom stereocenters. The summed E-state index contributed by atoms with van der Waals surface area (Å²) in [5.74, 6) is 0. The van der Waals surface area contributed by atoms with Gasteiger partial charge in [0.1, 0.15) is 11.0 Å². The van der Waals surface area contributed by atoms with Crippen molar-refractivity contribution in [3.05, 3.63) is 128 Å². The Hall–Kier alpha value is -4.65. The van der Waals surface area contributed by atoms with Crippen molar-refractivity contribution >= 4 is 22.4 Å². The minimum Gasteiger partial charge on any atom is -0.354 e. The van der Waals surface area contributed by atoms with Crippen LogP contribution in [0, 0.1) is 6.92 Å².